The van der Waals surface area contributed by atoms with Gasteiger partial charge in [-0.2, -0.15) is 0 Å². The quantitative estimate of drug-likeness (QED) is 0.285. The van der Waals surface area contributed by atoms with Crippen LogP contribution in [0.2, 0.25) is 0 Å². The number of hydrogen-bond acceptors (Lipinski definition) is 3. The lowest BCUT2D eigenvalue weighted by atomic mass is 9.98. The summed E-state index contributed by atoms with van der Waals surface area (Å²) in [5.41, 5.74) is 6.35. The molecule has 0 unspecified atom stereocenters. The van der Waals surface area contributed by atoms with Gasteiger partial charge in [0.15, 0.2) is 0 Å². The lowest BCUT2D eigenvalue weighted by Gasteiger charge is -2.32. The summed E-state index contributed by atoms with van der Waals surface area (Å²) in [6.45, 7) is 2.09. The van der Waals surface area contributed by atoms with Gasteiger partial charge in [0.25, 0.3) is 11.8 Å². The Morgan fingerprint density at radius 3 is 2.41 bits per heavy atom. The highest BCUT2D eigenvalue weighted by molar-refractivity contribution is 9.10. The standard InChI is InChI=1S/C31H28BrN3O2/c32-26-12-6-11-24(19-26)30(36)34-27-13-14-29(35-18-16-23-9-4-5-10-25(23)21-35)28(20-27)31(37)33-17-15-22-7-2-1-3-8-22/h1-14,19-20H,15-18,21H2,(H,33,37)(H,34,36). The van der Waals surface area contributed by atoms with Crippen LogP contribution in [0.25, 0.3) is 0 Å². The molecule has 4 aromatic rings. The Morgan fingerprint density at radius 1 is 0.811 bits per heavy atom. The topological polar surface area (TPSA) is 61.4 Å². The summed E-state index contributed by atoms with van der Waals surface area (Å²) in [7, 11) is 0. The molecule has 0 atom stereocenters. The predicted octanol–water partition coefficient (Wildman–Crippen LogP) is 6.24. The Morgan fingerprint density at radius 2 is 1.59 bits per heavy atom. The zero-order valence-electron chi connectivity index (χ0n) is 20.4. The molecule has 5 rings (SSSR count). The minimum atomic E-state index is -0.226. The Labute approximate surface area is 225 Å². The molecule has 2 N–H and O–H groups in total. The van der Waals surface area contributed by atoms with Crippen LogP contribution < -0.4 is 15.5 Å². The van der Waals surface area contributed by atoms with E-state index in [4.69, 9.17) is 0 Å². The number of hydrogen-bond donors (Lipinski definition) is 2. The van der Waals surface area contributed by atoms with Crippen molar-refractivity contribution in [2.45, 2.75) is 19.4 Å². The Hall–Kier alpha value is -3.90. The number of nitrogens with zero attached hydrogens (tertiary/aromatic N) is 1. The monoisotopic (exact) mass is 553 g/mol. The molecule has 0 bridgehead atoms. The Balaban J connectivity index is 1.39. The first-order chi connectivity index (χ1) is 18.1. The number of rotatable bonds is 7. The van der Waals surface area contributed by atoms with Crippen LogP contribution in [0.15, 0.2) is 102 Å². The second-order valence-corrected chi connectivity index (χ2v) is 10.0. The number of amides is 2. The lowest BCUT2D eigenvalue weighted by molar-refractivity contribution is 0.0953. The van der Waals surface area contributed by atoms with E-state index in [1.165, 1.54) is 16.7 Å². The van der Waals surface area contributed by atoms with Crippen molar-refractivity contribution >= 4 is 39.1 Å². The maximum absolute atomic E-state index is 13.4. The highest BCUT2D eigenvalue weighted by Gasteiger charge is 2.22. The van der Waals surface area contributed by atoms with Gasteiger partial charge in [-0.3, -0.25) is 9.59 Å². The van der Waals surface area contributed by atoms with Crippen molar-refractivity contribution in [3.63, 3.8) is 0 Å². The molecule has 1 aliphatic heterocycles. The Bertz CT molecular complexity index is 1420. The highest BCUT2D eigenvalue weighted by Crippen LogP contribution is 2.30. The van der Waals surface area contributed by atoms with E-state index in [1.54, 1.807) is 18.2 Å². The fourth-order valence-electron chi connectivity index (χ4n) is 4.67. The molecule has 0 aliphatic carbocycles. The number of carbonyl (C=O) groups excluding carboxylic acids is 2. The highest BCUT2D eigenvalue weighted by atomic mass is 79.9. The number of halogens is 1. The van der Waals surface area contributed by atoms with E-state index in [0.29, 0.717) is 23.4 Å². The van der Waals surface area contributed by atoms with Crippen molar-refractivity contribution in [1.29, 1.82) is 0 Å². The zero-order valence-corrected chi connectivity index (χ0v) is 22.0. The second-order valence-electron chi connectivity index (χ2n) is 9.13. The van der Waals surface area contributed by atoms with E-state index in [2.05, 4.69) is 67.9 Å². The van der Waals surface area contributed by atoms with Gasteiger partial charge in [0.2, 0.25) is 0 Å². The number of nitrogens with one attached hydrogen (secondary N) is 2. The first kappa shape index (κ1) is 24.8. The minimum Gasteiger partial charge on any atom is -0.366 e. The largest absolute Gasteiger partial charge is 0.366 e. The molecule has 6 heteroatoms. The third-order valence-corrected chi connectivity index (χ3v) is 7.09. The van der Waals surface area contributed by atoms with E-state index in [9.17, 15) is 9.59 Å². The van der Waals surface area contributed by atoms with Gasteiger partial charge in [-0.1, -0.05) is 76.6 Å². The van der Waals surface area contributed by atoms with Gasteiger partial charge < -0.3 is 15.5 Å². The van der Waals surface area contributed by atoms with E-state index < -0.39 is 0 Å². The second kappa shape index (κ2) is 11.4. The van der Waals surface area contributed by atoms with Crippen LogP contribution in [0, 0.1) is 0 Å². The van der Waals surface area contributed by atoms with E-state index in [-0.39, 0.29) is 11.8 Å². The van der Waals surface area contributed by atoms with Gasteiger partial charge in [-0.05, 0) is 65.9 Å². The average Bonchev–Trinajstić information content (AvgIpc) is 2.93. The number of anilines is 2. The fourth-order valence-corrected chi connectivity index (χ4v) is 5.07. The maximum Gasteiger partial charge on any atom is 0.255 e. The molecule has 186 valence electrons. The van der Waals surface area contributed by atoms with Crippen molar-refractivity contribution < 1.29 is 9.59 Å². The van der Waals surface area contributed by atoms with Gasteiger partial charge in [0.05, 0.1) is 5.56 Å². The summed E-state index contributed by atoms with van der Waals surface area (Å²) in [6.07, 6.45) is 1.67. The van der Waals surface area contributed by atoms with Gasteiger partial charge in [-0.15, -0.1) is 0 Å². The van der Waals surface area contributed by atoms with E-state index in [0.717, 1.165) is 36.1 Å². The minimum absolute atomic E-state index is 0.150. The molecule has 0 spiro atoms. The molecule has 0 fully saturated rings. The average molecular weight is 554 g/mol. The third-order valence-electron chi connectivity index (χ3n) is 6.60. The summed E-state index contributed by atoms with van der Waals surface area (Å²) in [4.78, 5) is 28.5. The van der Waals surface area contributed by atoms with Gasteiger partial charge >= 0.3 is 0 Å². The molecule has 0 saturated carbocycles. The van der Waals surface area contributed by atoms with Crippen LogP contribution in [-0.4, -0.2) is 24.9 Å². The van der Waals surface area contributed by atoms with Crippen LogP contribution in [-0.2, 0) is 19.4 Å². The summed E-state index contributed by atoms with van der Waals surface area (Å²) in [5, 5.41) is 6.03. The van der Waals surface area contributed by atoms with Crippen LogP contribution in [0.3, 0.4) is 0 Å². The number of benzene rings is 4. The van der Waals surface area contributed by atoms with Crippen molar-refractivity contribution in [2.24, 2.45) is 0 Å². The van der Waals surface area contributed by atoms with Crippen molar-refractivity contribution in [1.82, 2.24) is 5.32 Å². The molecular formula is C31H28BrN3O2. The van der Waals surface area contributed by atoms with Gasteiger partial charge in [-0.25, -0.2) is 0 Å². The SMILES string of the molecule is O=C(Nc1ccc(N2CCc3ccccc3C2)c(C(=O)NCCc2ccccc2)c1)c1cccc(Br)c1. The summed E-state index contributed by atoms with van der Waals surface area (Å²) in [6, 6.07) is 31.4. The number of carbonyl (C=O) groups is 2. The lowest BCUT2D eigenvalue weighted by Crippen LogP contribution is -2.33. The number of fused-ring (bicyclic) bond motifs is 1. The summed E-state index contributed by atoms with van der Waals surface area (Å²) in [5.74, 6) is -0.375. The van der Waals surface area contributed by atoms with Crippen LogP contribution in [0.5, 0.6) is 0 Å². The van der Waals surface area contributed by atoms with Crippen molar-refractivity contribution in [2.75, 3.05) is 23.3 Å². The first-order valence-electron chi connectivity index (χ1n) is 12.4. The molecular weight excluding hydrogens is 526 g/mol. The van der Waals surface area contributed by atoms with Crippen LogP contribution in [0.1, 0.15) is 37.4 Å². The normalized spacial score (nSPS) is 12.5. The molecule has 37 heavy (non-hydrogen) atoms. The third kappa shape index (κ3) is 6.09. The van der Waals surface area contributed by atoms with Crippen LogP contribution >= 0.6 is 15.9 Å². The molecule has 4 aromatic carbocycles. The predicted molar refractivity (Wildman–Crippen MR) is 152 cm³/mol. The van der Waals surface area contributed by atoms with Crippen molar-refractivity contribution in [3.8, 4) is 0 Å². The molecule has 1 aliphatic rings. The Kier molecular flexibility index (Phi) is 7.66. The molecule has 1 heterocycles. The smallest absolute Gasteiger partial charge is 0.255 e. The molecule has 2 amide bonds. The van der Waals surface area contributed by atoms with Crippen molar-refractivity contribution in [3.05, 3.63) is 129 Å². The molecule has 0 radical (unpaired) electrons. The molecule has 0 aromatic heterocycles. The first-order valence-corrected chi connectivity index (χ1v) is 13.2. The fraction of sp³-hybridized carbons (Fsp3) is 0.161. The molecule has 0 saturated heterocycles. The zero-order chi connectivity index (χ0) is 25.6. The summed E-state index contributed by atoms with van der Waals surface area (Å²) < 4.78 is 0.833. The summed E-state index contributed by atoms with van der Waals surface area (Å²) >= 11 is 3.41. The van der Waals surface area contributed by atoms with Crippen LogP contribution in [0.4, 0.5) is 11.4 Å². The van der Waals surface area contributed by atoms with Gasteiger partial charge in [0, 0.05) is 41.0 Å². The van der Waals surface area contributed by atoms with E-state index in [1.807, 2.05) is 42.5 Å². The van der Waals surface area contributed by atoms with E-state index >= 15 is 0 Å². The molecule has 5 nitrogen and oxygen atoms in total. The van der Waals surface area contributed by atoms with Gasteiger partial charge in [0.1, 0.15) is 0 Å². The maximum atomic E-state index is 13.4.